The maximum Gasteiger partial charge on any atom is 0.277 e. The lowest BCUT2D eigenvalue weighted by atomic mass is 9.99. The highest BCUT2D eigenvalue weighted by Gasteiger charge is 2.21. The first-order chi connectivity index (χ1) is 12.7. The summed E-state index contributed by atoms with van der Waals surface area (Å²) in [6, 6.07) is 18.4. The number of hydrogen-bond donors (Lipinski definition) is 1. The quantitative estimate of drug-likeness (QED) is 0.864. The topological polar surface area (TPSA) is 34.0 Å². The molecule has 1 atom stereocenters. The largest absolute Gasteiger partial charge is 0.497 e. The van der Waals surface area contributed by atoms with E-state index in [1.54, 1.807) is 12.0 Å². The average molecular weight is 351 g/mol. The van der Waals surface area contributed by atoms with E-state index >= 15 is 0 Å². The van der Waals surface area contributed by atoms with Gasteiger partial charge in [-0.15, -0.1) is 0 Å². The third-order valence-corrected chi connectivity index (χ3v) is 4.91. The van der Waals surface area contributed by atoms with Gasteiger partial charge in [0.1, 0.15) is 5.75 Å². The van der Waals surface area contributed by atoms with Crippen LogP contribution in [0.5, 0.6) is 5.75 Å². The van der Waals surface area contributed by atoms with Crippen LogP contribution in [0.1, 0.15) is 17.5 Å². The monoisotopic (exact) mass is 351 g/mol. The van der Waals surface area contributed by atoms with Crippen LogP contribution in [0.15, 0.2) is 60.7 Å². The summed E-state index contributed by atoms with van der Waals surface area (Å²) in [5.41, 5.74) is 3.78. The van der Waals surface area contributed by atoms with E-state index < -0.39 is 0 Å². The highest BCUT2D eigenvalue weighted by molar-refractivity contribution is 5.77. The number of likely N-dealkylation sites (N-methyl/N-ethyl adjacent to an activating group) is 1. The number of carbonyl (C=O) groups is 1. The molecule has 0 saturated carbocycles. The Morgan fingerprint density at radius 3 is 2.65 bits per heavy atom. The number of amides is 1. The first kappa shape index (κ1) is 18.2. The van der Waals surface area contributed by atoms with E-state index in [1.165, 1.54) is 16.0 Å². The summed E-state index contributed by atoms with van der Waals surface area (Å²) in [6.45, 7) is 3.05. The Labute approximate surface area is 155 Å². The normalized spacial score (nSPS) is 16.7. The minimum atomic E-state index is 0.180. The Morgan fingerprint density at radius 2 is 1.96 bits per heavy atom. The van der Waals surface area contributed by atoms with Crippen LogP contribution in [0.3, 0.4) is 0 Å². The van der Waals surface area contributed by atoms with Gasteiger partial charge in [0.25, 0.3) is 5.91 Å². The fraction of sp³-hybridized carbons (Fsp3) is 0.318. The number of quaternary nitrogens is 1. The Hall–Kier alpha value is -2.59. The molecule has 2 aromatic rings. The molecule has 1 unspecified atom stereocenters. The summed E-state index contributed by atoms with van der Waals surface area (Å²) < 4.78 is 5.25. The molecule has 1 N–H and O–H groups in total. The van der Waals surface area contributed by atoms with Crippen molar-refractivity contribution in [1.29, 1.82) is 0 Å². The number of rotatable bonds is 6. The molecule has 0 fully saturated rings. The predicted molar refractivity (Wildman–Crippen MR) is 104 cm³/mol. The molecule has 0 aliphatic carbocycles. The summed E-state index contributed by atoms with van der Waals surface area (Å²) >= 11 is 0. The second-order valence-electron chi connectivity index (χ2n) is 6.83. The molecule has 0 bridgehead atoms. The molecule has 1 aliphatic heterocycles. The van der Waals surface area contributed by atoms with Crippen molar-refractivity contribution in [3.05, 3.63) is 71.8 Å². The van der Waals surface area contributed by atoms with Crippen molar-refractivity contribution in [2.75, 3.05) is 33.8 Å². The van der Waals surface area contributed by atoms with Crippen molar-refractivity contribution >= 4 is 11.5 Å². The first-order valence-corrected chi connectivity index (χ1v) is 9.10. The molecule has 2 aromatic carbocycles. The number of ether oxygens (including phenoxy) is 1. The van der Waals surface area contributed by atoms with E-state index in [1.807, 2.05) is 37.4 Å². The van der Waals surface area contributed by atoms with Crippen LogP contribution in [0.4, 0.5) is 0 Å². The Bertz CT molecular complexity index is 771. The van der Waals surface area contributed by atoms with Gasteiger partial charge in [0.2, 0.25) is 0 Å². The Morgan fingerprint density at radius 1 is 1.15 bits per heavy atom. The highest BCUT2D eigenvalue weighted by atomic mass is 16.5. The smallest absolute Gasteiger partial charge is 0.277 e. The zero-order valence-corrected chi connectivity index (χ0v) is 15.6. The van der Waals surface area contributed by atoms with Gasteiger partial charge in [0.15, 0.2) is 6.54 Å². The molecule has 136 valence electrons. The van der Waals surface area contributed by atoms with Gasteiger partial charge in [-0.3, -0.25) is 4.79 Å². The fourth-order valence-electron chi connectivity index (χ4n) is 3.34. The SMILES string of the molecule is COc1cccc(CN(C)C(=O)C[NH+]2CC=C(c3ccccc3)CC2)c1. The zero-order valence-electron chi connectivity index (χ0n) is 15.6. The highest BCUT2D eigenvalue weighted by Crippen LogP contribution is 2.18. The third-order valence-electron chi connectivity index (χ3n) is 4.91. The van der Waals surface area contributed by atoms with Gasteiger partial charge >= 0.3 is 0 Å². The van der Waals surface area contributed by atoms with Crippen molar-refractivity contribution in [2.24, 2.45) is 0 Å². The van der Waals surface area contributed by atoms with E-state index in [-0.39, 0.29) is 5.91 Å². The van der Waals surface area contributed by atoms with Crippen LogP contribution in [0.25, 0.3) is 5.57 Å². The van der Waals surface area contributed by atoms with Crippen molar-refractivity contribution < 1.29 is 14.4 Å². The zero-order chi connectivity index (χ0) is 18.4. The number of hydrogen-bond acceptors (Lipinski definition) is 2. The van der Waals surface area contributed by atoms with Crippen LogP contribution in [-0.4, -0.2) is 44.6 Å². The van der Waals surface area contributed by atoms with Crippen molar-refractivity contribution in [1.82, 2.24) is 4.90 Å². The lowest BCUT2D eigenvalue weighted by Crippen LogP contribution is -3.13. The summed E-state index contributed by atoms with van der Waals surface area (Å²) in [6.07, 6.45) is 3.30. The number of benzene rings is 2. The number of nitrogens with one attached hydrogen (secondary N) is 1. The number of nitrogens with zero attached hydrogens (tertiary/aromatic N) is 1. The molecule has 0 spiro atoms. The van der Waals surface area contributed by atoms with Gasteiger partial charge in [0, 0.05) is 20.0 Å². The van der Waals surface area contributed by atoms with Gasteiger partial charge in [0.05, 0.1) is 20.2 Å². The maximum absolute atomic E-state index is 12.6. The summed E-state index contributed by atoms with van der Waals surface area (Å²) in [4.78, 5) is 15.7. The van der Waals surface area contributed by atoms with Crippen LogP contribution < -0.4 is 9.64 Å². The summed E-state index contributed by atoms with van der Waals surface area (Å²) in [5.74, 6) is 1.00. The van der Waals surface area contributed by atoms with Crippen LogP contribution in [0.2, 0.25) is 0 Å². The Kier molecular flexibility index (Phi) is 6.08. The number of carbonyl (C=O) groups excluding carboxylic acids is 1. The van der Waals surface area contributed by atoms with Crippen LogP contribution in [-0.2, 0) is 11.3 Å². The molecular formula is C22H27N2O2+. The third kappa shape index (κ3) is 4.73. The molecule has 0 aromatic heterocycles. The van der Waals surface area contributed by atoms with Crippen LogP contribution in [0, 0.1) is 0 Å². The predicted octanol–water partition coefficient (Wildman–Crippen LogP) is 2.03. The van der Waals surface area contributed by atoms with E-state index in [9.17, 15) is 4.79 Å². The molecule has 4 nitrogen and oxygen atoms in total. The average Bonchev–Trinajstić information content (AvgIpc) is 2.69. The summed E-state index contributed by atoms with van der Waals surface area (Å²) in [7, 11) is 3.53. The molecule has 1 amide bonds. The van der Waals surface area contributed by atoms with E-state index in [2.05, 4.69) is 30.3 Å². The first-order valence-electron chi connectivity index (χ1n) is 9.10. The van der Waals surface area contributed by atoms with Crippen molar-refractivity contribution in [3.63, 3.8) is 0 Å². The second-order valence-corrected chi connectivity index (χ2v) is 6.83. The molecular weight excluding hydrogens is 324 g/mol. The van der Waals surface area contributed by atoms with Crippen LogP contribution >= 0.6 is 0 Å². The van der Waals surface area contributed by atoms with Crippen molar-refractivity contribution in [2.45, 2.75) is 13.0 Å². The molecule has 4 heteroatoms. The van der Waals surface area contributed by atoms with Crippen molar-refractivity contribution in [3.8, 4) is 5.75 Å². The molecule has 3 rings (SSSR count). The molecule has 0 saturated heterocycles. The lowest BCUT2D eigenvalue weighted by molar-refractivity contribution is -0.887. The minimum absolute atomic E-state index is 0.180. The van der Waals surface area contributed by atoms with Gasteiger partial charge < -0.3 is 14.5 Å². The van der Waals surface area contributed by atoms with Gasteiger partial charge in [-0.25, -0.2) is 0 Å². The van der Waals surface area contributed by atoms with E-state index in [4.69, 9.17) is 4.74 Å². The molecule has 1 heterocycles. The second kappa shape index (κ2) is 8.68. The van der Waals surface area contributed by atoms with E-state index in [0.29, 0.717) is 13.1 Å². The van der Waals surface area contributed by atoms with Gasteiger partial charge in [-0.2, -0.15) is 0 Å². The fourth-order valence-corrected chi connectivity index (χ4v) is 3.34. The lowest BCUT2D eigenvalue weighted by Gasteiger charge is -2.25. The van der Waals surface area contributed by atoms with E-state index in [0.717, 1.165) is 30.8 Å². The summed E-state index contributed by atoms with van der Waals surface area (Å²) in [5, 5.41) is 0. The molecule has 0 radical (unpaired) electrons. The minimum Gasteiger partial charge on any atom is -0.497 e. The Balaban J connectivity index is 1.52. The van der Waals surface area contributed by atoms with Gasteiger partial charge in [-0.05, 0) is 34.9 Å². The van der Waals surface area contributed by atoms with Gasteiger partial charge in [-0.1, -0.05) is 42.5 Å². The molecule has 1 aliphatic rings. The standard InChI is InChI=1S/C22H26N2O2/c1-23(16-18-7-6-10-21(15-18)26-2)22(25)17-24-13-11-20(12-14-24)19-8-4-3-5-9-19/h3-11,15H,12-14,16-17H2,1-2H3/p+1. The number of methoxy groups -OCH3 is 1. The molecule has 26 heavy (non-hydrogen) atoms. The maximum atomic E-state index is 12.6.